The van der Waals surface area contributed by atoms with Gasteiger partial charge in [0.2, 0.25) is 0 Å². The molecule has 0 amide bonds. The summed E-state index contributed by atoms with van der Waals surface area (Å²) in [5, 5.41) is 0. The van der Waals surface area contributed by atoms with E-state index in [1.165, 1.54) is 30.6 Å². The largest absolute Gasteiger partial charge is 0.326 e. The Morgan fingerprint density at radius 2 is 2.07 bits per heavy atom. The van der Waals surface area contributed by atoms with E-state index in [1.54, 1.807) is 0 Å². The Morgan fingerprint density at radius 1 is 1.33 bits per heavy atom. The van der Waals surface area contributed by atoms with E-state index >= 15 is 0 Å². The van der Waals surface area contributed by atoms with E-state index < -0.39 is 0 Å². The molecule has 2 rings (SSSR count). The van der Waals surface area contributed by atoms with Gasteiger partial charge < -0.3 is 5.73 Å². The van der Waals surface area contributed by atoms with Crippen LogP contribution in [0.3, 0.4) is 0 Å². The van der Waals surface area contributed by atoms with Gasteiger partial charge in [0.15, 0.2) is 0 Å². The Hall–Kier alpha value is -0.860. The third kappa shape index (κ3) is 2.58. The molecule has 82 valence electrons. The third-order valence-corrected chi connectivity index (χ3v) is 3.24. The summed E-state index contributed by atoms with van der Waals surface area (Å²) in [5.74, 6) is 0.933. The lowest BCUT2D eigenvalue weighted by molar-refractivity contribution is 0.0899. The van der Waals surface area contributed by atoms with Gasteiger partial charge in [-0.25, -0.2) is 0 Å². The first-order valence-corrected chi connectivity index (χ1v) is 5.82. The van der Waals surface area contributed by atoms with Crippen molar-refractivity contribution in [3.05, 3.63) is 35.4 Å². The summed E-state index contributed by atoms with van der Waals surface area (Å²) in [7, 11) is 0. The molecule has 0 aliphatic carbocycles. The van der Waals surface area contributed by atoms with E-state index in [1.807, 2.05) is 0 Å². The minimum Gasteiger partial charge on any atom is -0.326 e. The van der Waals surface area contributed by atoms with Crippen LogP contribution in [0.15, 0.2) is 24.3 Å². The number of hydrogen-bond donors (Lipinski definition) is 1. The Balaban J connectivity index is 1.88. The van der Waals surface area contributed by atoms with Crippen molar-refractivity contribution in [1.29, 1.82) is 0 Å². The number of nitrogens with two attached hydrogens (primary N) is 1. The van der Waals surface area contributed by atoms with E-state index in [9.17, 15) is 0 Å². The van der Waals surface area contributed by atoms with Gasteiger partial charge in [0.1, 0.15) is 0 Å². The molecule has 0 spiro atoms. The molecule has 1 fully saturated rings. The van der Waals surface area contributed by atoms with Gasteiger partial charge in [-0.1, -0.05) is 37.6 Å². The lowest BCUT2D eigenvalue weighted by atomic mass is 9.96. The fraction of sp³-hybridized carbons (Fsp3) is 0.538. The van der Waals surface area contributed by atoms with E-state index in [4.69, 9.17) is 5.73 Å². The first kappa shape index (κ1) is 10.7. The molecule has 15 heavy (non-hydrogen) atoms. The van der Waals surface area contributed by atoms with Crippen LogP contribution >= 0.6 is 0 Å². The second-order valence-corrected chi connectivity index (χ2v) is 4.49. The molecule has 1 aliphatic rings. The van der Waals surface area contributed by atoms with Crippen molar-refractivity contribution in [3.8, 4) is 0 Å². The summed E-state index contributed by atoms with van der Waals surface area (Å²) in [5.41, 5.74) is 8.26. The molecule has 1 aromatic carbocycles. The maximum Gasteiger partial charge on any atom is 0.0234 e. The highest BCUT2D eigenvalue weighted by molar-refractivity contribution is 5.23. The minimum atomic E-state index is 0.644. The van der Waals surface area contributed by atoms with Crippen molar-refractivity contribution >= 4 is 0 Å². The van der Waals surface area contributed by atoms with Gasteiger partial charge in [-0.2, -0.15) is 0 Å². The zero-order chi connectivity index (χ0) is 10.7. The Kier molecular flexibility index (Phi) is 3.39. The molecule has 2 nitrogen and oxygen atoms in total. The van der Waals surface area contributed by atoms with Gasteiger partial charge in [-0.05, 0) is 17.0 Å². The van der Waals surface area contributed by atoms with Crippen LogP contribution in [-0.2, 0) is 13.1 Å². The molecule has 2 heteroatoms. The smallest absolute Gasteiger partial charge is 0.0234 e. The van der Waals surface area contributed by atoms with Crippen LogP contribution in [0.5, 0.6) is 0 Å². The van der Waals surface area contributed by atoms with Gasteiger partial charge in [0, 0.05) is 26.2 Å². The number of benzene rings is 1. The lowest BCUT2D eigenvalue weighted by Crippen LogP contribution is -2.45. The molecule has 0 atom stereocenters. The molecule has 1 heterocycles. The molecule has 0 saturated carbocycles. The van der Waals surface area contributed by atoms with Crippen LogP contribution in [0.25, 0.3) is 0 Å². The van der Waals surface area contributed by atoms with Gasteiger partial charge in [-0.15, -0.1) is 0 Å². The van der Waals surface area contributed by atoms with Crippen molar-refractivity contribution < 1.29 is 0 Å². The first-order valence-electron chi connectivity index (χ1n) is 5.82. The summed E-state index contributed by atoms with van der Waals surface area (Å²) in [6.07, 6.45) is 1.32. The highest BCUT2D eigenvalue weighted by atomic mass is 15.2. The number of likely N-dealkylation sites (tertiary alicyclic amines) is 1. The third-order valence-electron chi connectivity index (χ3n) is 3.24. The molecule has 1 aliphatic heterocycles. The van der Waals surface area contributed by atoms with Crippen molar-refractivity contribution in [1.82, 2.24) is 4.90 Å². The summed E-state index contributed by atoms with van der Waals surface area (Å²) in [6.45, 7) is 6.54. The average Bonchev–Trinajstić information content (AvgIpc) is 2.23. The van der Waals surface area contributed by atoms with Crippen LogP contribution in [0.4, 0.5) is 0 Å². The summed E-state index contributed by atoms with van der Waals surface area (Å²) in [6, 6.07) is 8.61. The highest BCUT2D eigenvalue weighted by Gasteiger charge is 2.24. The van der Waals surface area contributed by atoms with E-state index in [0.29, 0.717) is 6.54 Å². The molecular formula is C13H20N2. The van der Waals surface area contributed by atoms with Gasteiger partial charge in [0.05, 0.1) is 0 Å². The summed E-state index contributed by atoms with van der Waals surface area (Å²) in [4.78, 5) is 2.50. The monoisotopic (exact) mass is 204 g/mol. The minimum absolute atomic E-state index is 0.644. The molecule has 0 unspecified atom stereocenters. The van der Waals surface area contributed by atoms with Crippen LogP contribution in [0, 0.1) is 5.92 Å². The second-order valence-electron chi connectivity index (χ2n) is 4.49. The van der Waals surface area contributed by atoms with Crippen LogP contribution in [0.1, 0.15) is 24.5 Å². The van der Waals surface area contributed by atoms with E-state index in [-0.39, 0.29) is 0 Å². The fourth-order valence-electron chi connectivity index (χ4n) is 2.18. The molecular weight excluding hydrogens is 184 g/mol. The molecule has 0 bridgehead atoms. The van der Waals surface area contributed by atoms with Crippen LogP contribution in [0.2, 0.25) is 0 Å². The quantitative estimate of drug-likeness (QED) is 0.812. The Bertz CT molecular complexity index is 316. The SMILES string of the molecule is CCC1CN(Cc2cccc(CN)c2)C1. The van der Waals surface area contributed by atoms with Gasteiger partial charge in [-0.3, -0.25) is 4.90 Å². The highest BCUT2D eigenvalue weighted by Crippen LogP contribution is 2.21. The Labute approximate surface area is 92.1 Å². The summed E-state index contributed by atoms with van der Waals surface area (Å²) >= 11 is 0. The molecule has 1 saturated heterocycles. The number of hydrogen-bond acceptors (Lipinski definition) is 2. The Morgan fingerprint density at radius 3 is 2.73 bits per heavy atom. The average molecular weight is 204 g/mol. The first-order chi connectivity index (χ1) is 7.31. The molecule has 0 aromatic heterocycles. The van der Waals surface area contributed by atoms with Crippen LogP contribution < -0.4 is 5.73 Å². The molecule has 2 N–H and O–H groups in total. The lowest BCUT2D eigenvalue weighted by Gasteiger charge is -2.38. The zero-order valence-corrected chi connectivity index (χ0v) is 9.45. The topological polar surface area (TPSA) is 29.3 Å². The van der Waals surface area contributed by atoms with Gasteiger partial charge in [0.25, 0.3) is 0 Å². The standard InChI is InChI=1S/C13H20N2/c1-2-11-8-15(9-11)10-13-5-3-4-12(6-13)7-14/h3-6,11H,2,7-10,14H2,1H3. The molecule has 1 aromatic rings. The van der Waals surface area contributed by atoms with Crippen molar-refractivity contribution in [2.75, 3.05) is 13.1 Å². The maximum absolute atomic E-state index is 5.63. The van der Waals surface area contributed by atoms with Crippen molar-refractivity contribution in [2.24, 2.45) is 11.7 Å². The van der Waals surface area contributed by atoms with E-state index in [0.717, 1.165) is 12.5 Å². The maximum atomic E-state index is 5.63. The fourth-order valence-corrected chi connectivity index (χ4v) is 2.18. The number of nitrogens with zero attached hydrogens (tertiary/aromatic N) is 1. The molecule has 0 radical (unpaired) electrons. The second kappa shape index (κ2) is 4.77. The number of rotatable bonds is 4. The van der Waals surface area contributed by atoms with Gasteiger partial charge >= 0.3 is 0 Å². The summed E-state index contributed by atoms with van der Waals surface area (Å²) < 4.78 is 0. The van der Waals surface area contributed by atoms with Crippen molar-refractivity contribution in [3.63, 3.8) is 0 Å². The van der Waals surface area contributed by atoms with Crippen LogP contribution in [-0.4, -0.2) is 18.0 Å². The normalized spacial score (nSPS) is 17.7. The predicted octanol–water partition coefficient (Wildman–Crippen LogP) is 1.99. The zero-order valence-electron chi connectivity index (χ0n) is 9.45. The van der Waals surface area contributed by atoms with Crippen molar-refractivity contribution in [2.45, 2.75) is 26.4 Å². The van der Waals surface area contributed by atoms with E-state index in [2.05, 4.69) is 36.1 Å². The predicted molar refractivity (Wildman–Crippen MR) is 63.4 cm³/mol.